The Bertz CT molecular complexity index is 709. The maximum Gasteiger partial charge on any atom is 0.134 e. The number of aryl methyl sites for hydroxylation is 2. The Morgan fingerprint density at radius 3 is 2.65 bits per heavy atom. The van der Waals surface area contributed by atoms with Crippen molar-refractivity contribution in [2.24, 2.45) is 0 Å². The minimum absolute atomic E-state index is 0.136. The fourth-order valence-electron chi connectivity index (χ4n) is 2.47. The van der Waals surface area contributed by atoms with Crippen molar-refractivity contribution in [2.45, 2.75) is 25.6 Å². The Hall–Kier alpha value is -1.73. The normalized spacial score (nSPS) is 12.8. The zero-order valence-corrected chi connectivity index (χ0v) is 12.4. The predicted octanol–water partition coefficient (Wildman–Crippen LogP) is 5.57. The van der Waals surface area contributed by atoms with Crippen molar-refractivity contribution in [3.05, 3.63) is 71.0 Å². The van der Waals surface area contributed by atoms with Gasteiger partial charge < -0.3 is 4.42 Å². The van der Waals surface area contributed by atoms with E-state index < -0.39 is 0 Å². The summed E-state index contributed by atoms with van der Waals surface area (Å²) in [6, 6.07) is 16.5. The maximum absolute atomic E-state index is 6.54. The van der Waals surface area contributed by atoms with Gasteiger partial charge in [-0.15, -0.1) is 11.6 Å². The number of alkyl halides is 1. The Labute approximate surface area is 124 Å². The lowest BCUT2D eigenvalue weighted by atomic mass is 10.0. The van der Waals surface area contributed by atoms with Gasteiger partial charge in [-0.2, -0.15) is 0 Å². The van der Waals surface area contributed by atoms with Gasteiger partial charge in [0.05, 0.1) is 5.38 Å². The quantitative estimate of drug-likeness (QED) is 0.573. The van der Waals surface area contributed by atoms with Gasteiger partial charge in [-0.05, 0) is 43.5 Å². The van der Waals surface area contributed by atoms with Crippen molar-refractivity contribution in [1.82, 2.24) is 0 Å². The lowest BCUT2D eigenvalue weighted by Crippen LogP contribution is -1.97. The van der Waals surface area contributed by atoms with Crippen LogP contribution in [0.1, 0.15) is 27.8 Å². The van der Waals surface area contributed by atoms with Crippen LogP contribution >= 0.6 is 11.6 Å². The van der Waals surface area contributed by atoms with Crippen LogP contribution in [0.25, 0.3) is 11.0 Å². The Morgan fingerprint density at radius 1 is 1.05 bits per heavy atom. The third-order valence-electron chi connectivity index (χ3n) is 3.66. The second kappa shape index (κ2) is 5.34. The summed E-state index contributed by atoms with van der Waals surface area (Å²) in [6.07, 6.45) is 0.787. The average molecular weight is 285 g/mol. The molecular weight excluding hydrogens is 268 g/mol. The first-order valence-electron chi connectivity index (χ1n) is 6.82. The molecule has 3 rings (SSSR count). The van der Waals surface area contributed by atoms with Crippen LogP contribution in [0.3, 0.4) is 0 Å². The number of furan rings is 1. The standard InChI is InChI=1S/C18H17ClO/c1-12-7-8-13(2)15(9-12)10-16(19)18-11-14-5-3-4-6-17(14)20-18/h3-9,11,16H,10H2,1-2H3. The molecule has 0 aliphatic rings. The van der Waals surface area contributed by atoms with Crippen LogP contribution in [0.2, 0.25) is 0 Å². The lowest BCUT2D eigenvalue weighted by molar-refractivity contribution is 0.539. The van der Waals surface area contributed by atoms with E-state index in [-0.39, 0.29) is 5.38 Å². The van der Waals surface area contributed by atoms with Crippen LogP contribution in [0.5, 0.6) is 0 Å². The van der Waals surface area contributed by atoms with Crippen LogP contribution in [0.4, 0.5) is 0 Å². The molecule has 102 valence electrons. The lowest BCUT2D eigenvalue weighted by Gasteiger charge is -2.10. The number of halogens is 1. The molecular formula is C18H17ClO. The minimum atomic E-state index is -0.136. The first-order chi connectivity index (χ1) is 9.63. The van der Waals surface area contributed by atoms with Crippen LogP contribution in [0.15, 0.2) is 52.9 Å². The van der Waals surface area contributed by atoms with Gasteiger partial charge in [0, 0.05) is 5.39 Å². The van der Waals surface area contributed by atoms with E-state index in [2.05, 4.69) is 32.0 Å². The highest BCUT2D eigenvalue weighted by Gasteiger charge is 2.15. The molecule has 2 heteroatoms. The number of benzene rings is 2. The zero-order chi connectivity index (χ0) is 14.1. The molecule has 1 aromatic heterocycles. The highest BCUT2D eigenvalue weighted by atomic mass is 35.5. The number of hydrogen-bond donors (Lipinski definition) is 0. The van der Waals surface area contributed by atoms with Gasteiger partial charge in [-0.25, -0.2) is 0 Å². The summed E-state index contributed by atoms with van der Waals surface area (Å²) in [5, 5.41) is 0.969. The molecule has 0 saturated heterocycles. The molecule has 2 aromatic carbocycles. The molecule has 20 heavy (non-hydrogen) atoms. The summed E-state index contributed by atoms with van der Waals surface area (Å²) in [6.45, 7) is 4.23. The monoisotopic (exact) mass is 284 g/mol. The molecule has 0 spiro atoms. The van der Waals surface area contributed by atoms with Gasteiger partial charge >= 0.3 is 0 Å². The number of rotatable bonds is 3. The van der Waals surface area contributed by atoms with Gasteiger partial charge in [0.25, 0.3) is 0 Å². The molecule has 1 atom stereocenters. The third kappa shape index (κ3) is 2.59. The summed E-state index contributed by atoms with van der Waals surface area (Å²) >= 11 is 6.54. The molecule has 0 aliphatic heterocycles. The van der Waals surface area contributed by atoms with E-state index in [1.54, 1.807) is 0 Å². The highest BCUT2D eigenvalue weighted by Crippen LogP contribution is 2.31. The SMILES string of the molecule is Cc1ccc(C)c(CC(Cl)c2cc3ccccc3o2)c1. The Morgan fingerprint density at radius 2 is 1.85 bits per heavy atom. The van der Waals surface area contributed by atoms with Crippen LogP contribution < -0.4 is 0 Å². The molecule has 0 N–H and O–H groups in total. The topological polar surface area (TPSA) is 13.1 Å². The van der Waals surface area contributed by atoms with Crippen molar-refractivity contribution >= 4 is 22.6 Å². The molecule has 0 fully saturated rings. The van der Waals surface area contributed by atoms with Crippen molar-refractivity contribution in [3.63, 3.8) is 0 Å². The summed E-state index contributed by atoms with van der Waals surface area (Å²) in [4.78, 5) is 0. The van der Waals surface area contributed by atoms with Gasteiger partial charge in [-0.3, -0.25) is 0 Å². The second-order valence-corrected chi connectivity index (χ2v) is 5.82. The molecule has 0 saturated carbocycles. The molecule has 1 nitrogen and oxygen atoms in total. The van der Waals surface area contributed by atoms with E-state index in [1.165, 1.54) is 16.7 Å². The van der Waals surface area contributed by atoms with Crippen LogP contribution in [0, 0.1) is 13.8 Å². The Kier molecular flexibility index (Phi) is 3.54. The molecule has 0 bridgehead atoms. The van der Waals surface area contributed by atoms with Crippen molar-refractivity contribution in [1.29, 1.82) is 0 Å². The van der Waals surface area contributed by atoms with Crippen LogP contribution in [-0.4, -0.2) is 0 Å². The molecule has 1 unspecified atom stereocenters. The molecule has 0 aliphatic carbocycles. The maximum atomic E-state index is 6.54. The molecule has 0 amide bonds. The van der Waals surface area contributed by atoms with E-state index >= 15 is 0 Å². The molecule has 1 heterocycles. The average Bonchev–Trinajstić information content (AvgIpc) is 2.87. The minimum Gasteiger partial charge on any atom is -0.459 e. The predicted molar refractivity (Wildman–Crippen MR) is 84.4 cm³/mol. The van der Waals surface area contributed by atoms with Gasteiger partial charge in [0.2, 0.25) is 0 Å². The second-order valence-electron chi connectivity index (χ2n) is 5.29. The molecule has 0 radical (unpaired) electrons. The van der Waals surface area contributed by atoms with E-state index in [0.717, 1.165) is 23.2 Å². The van der Waals surface area contributed by atoms with Crippen molar-refractivity contribution in [3.8, 4) is 0 Å². The van der Waals surface area contributed by atoms with Crippen molar-refractivity contribution < 1.29 is 4.42 Å². The number of fused-ring (bicyclic) bond motifs is 1. The zero-order valence-electron chi connectivity index (χ0n) is 11.7. The Balaban J connectivity index is 1.88. The van der Waals surface area contributed by atoms with Gasteiger partial charge in [-0.1, -0.05) is 42.0 Å². The number of para-hydroxylation sites is 1. The summed E-state index contributed by atoms with van der Waals surface area (Å²) in [5.41, 5.74) is 4.72. The highest BCUT2D eigenvalue weighted by molar-refractivity contribution is 6.20. The first kappa shape index (κ1) is 13.3. The first-order valence-corrected chi connectivity index (χ1v) is 7.26. The fraction of sp³-hybridized carbons (Fsp3) is 0.222. The third-order valence-corrected chi connectivity index (χ3v) is 4.03. The molecule has 3 aromatic rings. The van der Waals surface area contributed by atoms with Crippen molar-refractivity contribution in [2.75, 3.05) is 0 Å². The smallest absolute Gasteiger partial charge is 0.134 e. The van der Waals surface area contributed by atoms with E-state index in [9.17, 15) is 0 Å². The number of hydrogen-bond acceptors (Lipinski definition) is 1. The van der Waals surface area contributed by atoms with Gasteiger partial charge in [0.15, 0.2) is 0 Å². The fourth-order valence-corrected chi connectivity index (χ4v) is 2.74. The van der Waals surface area contributed by atoms with E-state index in [1.807, 2.05) is 30.3 Å². The summed E-state index contributed by atoms with van der Waals surface area (Å²) in [7, 11) is 0. The van der Waals surface area contributed by atoms with Crippen LogP contribution in [-0.2, 0) is 6.42 Å². The summed E-state index contributed by atoms with van der Waals surface area (Å²) < 4.78 is 5.84. The van der Waals surface area contributed by atoms with E-state index in [0.29, 0.717) is 0 Å². The van der Waals surface area contributed by atoms with Gasteiger partial charge in [0.1, 0.15) is 11.3 Å². The largest absolute Gasteiger partial charge is 0.459 e. The van der Waals surface area contributed by atoms with E-state index in [4.69, 9.17) is 16.0 Å². The summed E-state index contributed by atoms with van der Waals surface area (Å²) in [5.74, 6) is 0.841.